The lowest BCUT2D eigenvalue weighted by Crippen LogP contribution is -2.13. The third kappa shape index (κ3) is 3.91. The van der Waals surface area contributed by atoms with Gasteiger partial charge in [-0.15, -0.1) is 0 Å². The van der Waals surface area contributed by atoms with Crippen molar-refractivity contribution in [3.63, 3.8) is 0 Å². The van der Waals surface area contributed by atoms with E-state index in [0.717, 1.165) is 39.6 Å². The van der Waals surface area contributed by atoms with Gasteiger partial charge in [-0.2, -0.15) is 0 Å². The Bertz CT molecular complexity index is 1220. The number of aryl methyl sites for hydroxylation is 2. The summed E-state index contributed by atoms with van der Waals surface area (Å²) in [4.78, 5) is 25.3. The third-order valence-electron chi connectivity index (χ3n) is 4.88. The number of amides is 1. The molecule has 0 fully saturated rings. The summed E-state index contributed by atoms with van der Waals surface area (Å²) >= 11 is 0. The van der Waals surface area contributed by atoms with Crippen molar-refractivity contribution in [3.8, 4) is 11.1 Å². The maximum atomic E-state index is 12.8. The highest BCUT2D eigenvalue weighted by atomic mass is 16.1. The third-order valence-corrected chi connectivity index (χ3v) is 4.88. The van der Waals surface area contributed by atoms with Crippen LogP contribution >= 0.6 is 0 Å². The first-order valence-electron chi connectivity index (χ1n) is 9.43. The molecule has 6 nitrogen and oxygen atoms in total. The Morgan fingerprint density at radius 1 is 1.07 bits per heavy atom. The number of nitrogen functional groups attached to an aromatic ring is 1. The standard InChI is InChI=1S/C23H21N5O/c1-3-15-8-9-25-21(10-15)28-22(29)17-5-4-14(2)19(12-17)16-6-7-20-18(11-16)13-26-23(24)27-20/h4-13H,3H2,1-2H3,(H2,24,26,27)(H,25,28,29). The van der Waals surface area contributed by atoms with Crippen LogP contribution in [0.1, 0.15) is 28.4 Å². The van der Waals surface area contributed by atoms with Crippen LogP contribution in [-0.4, -0.2) is 20.9 Å². The van der Waals surface area contributed by atoms with Gasteiger partial charge in [-0.1, -0.05) is 19.1 Å². The van der Waals surface area contributed by atoms with Crippen LogP contribution in [0.3, 0.4) is 0 Å². The smallest absolute Gasteiger partial charge is 0.256 e. The summed E-state index contributed by atoms with van der Waals surface area (Å²) in [6, 6.07) is 15.4. The van der Waals surface area contributed by atoms with Gasteiger partial charge in [0.2, 0.25) is 5.95 Å². The van der Waals surface area contributed by atoms with Gasteiger partial charge in [0.1, 0.15) is 5.82 Å². The van der Waals surface area contributed by atoms with Crippen molar-refractivity contribution in [1.82, 2.24) is 15.0 Å². The normalized spacial score (nSPS) is 10.8. The Morgan fingerprint density at radius 2 is 1.93 bits per heavy atom. The molecule has 144 valence electrons. The molecule has 3 N–H and O–H groups in total. The van der Waals surface area contributed by atoms with Crippen LogP contribution in [0.2, 0.25) is 0 Å². The van der Waals surface area contributed by atoms with Crippen molar-refractivity contribution in [2.24, 2.45) is 0 Å². The van der Waals surface area contributed by atoms with Crippen molar-refractivity contribution >= 4 is 28.6 Å². The number of rotatable bonds is 4. The van der Waals surface area contributed by atoms with Crippen molar-refractivity contribution in [3.05, 3.63) is 77.6 Å². The Morgan fingerprint density at radius 3 is 2.76 bits per heavy atom. The lowest BCUT2D eigenvalue weighted by molar-refractivity contribution is 0.102. The monoisotopic (exact) mass is 383 g/mol. The number of nitrogens with zero attached hydrogens (tertiary/aromatic N) is 3. The molecular formula is C23H21N5O. The number of hydrogen-bond donors (Lipinski definition) is 2. The van der Waals surface area contributed by atoms with Gasteiger partial charge < -0.3 is 11.1 Å². The summed E-state index contributed by atoms with van der Waals surface area (Å²) < 4.78 is 0. The average Bonchev–Trinajstić information content (AvgIpc) is 2.73. The molecule has 0 spiro atoms. The van der Waals surface area contributed by atoms with E-state index in [2.05, 4.69) is 27.2 Å². The molecule has 0 atom stereocenters. The fraction of sp³-hybridized carbons (Fsp3) is 0.130. The van der Waals surface area contributed by atoms with Gasteiger partial charge in [0.05, 0.1) is 5.52 Å². The molecule has 0 saturated carbocycles. The molecule has 0 aliphatic rings. The van der Waals surface area contributed by atoms with Gasteiger partial charge in [0.15, 0.2) is 0 Å². The number of hydrogen-bond acceptors (Lipinski definition) is 5. The van der Waals surface area contributed by atoms with E-state index in [1.165, 1.54) is 0 Å². The topological polar surface area (TPSA) is 93.8 Å². The largest absolute Gasteiger partial charge is 0.368 e. The molecule has 2 aromatic carbocycles. The zero-order valence-corrected chi connectivity index (χ0v) is 16.3. The predicted molar refractivity (Wildman–Crippen MR) is 116 cm³/mol. The summed E-state index contributed by atoms with van der Waals surface area (Å²) in [5.74, 6) is 0.613. The van der Waals surface area contributed by atoms with Crippen molar-refractivity contribution in [1.29, 1.82) is 0 Å². The van der Waals surface area contributed by atoms with E-state index in [9.17, 15) is 4.79 Å². The van der Waals surface area contributed by atoms with Crippen LogP contribution in [0, 0.1) is 6.92 Å². The van der Waals surface area contributed by atoms with E-state index in [1.54, 1.807) is 12.4 Å². The molecule has 2 aromatic heterocycles. The molecule has 4 rings (SSSR count). The summed E-state index contributed by atoms with van der Waals surface area (Å²) in [6.45, 7) is 4.09. The minimum atomic E-state index is -0.191. The highest BCUT2D eigenvalue weighted by Gasteiger charge is 2.11. The number of nitrogens with two attached hydrogens (primary N) is 1. The molecule has 0 aliphatic heterocycles. The van der Waals surface area contributed by atoms with Crippen LogP contribution in [0.25, 0.3) is 22.0 Å². The van der Waals surface area contributed by atoms with E-state index in [1.807, 2.05) is 55.5 Å². The van der Waals surface area contributed by atoms with E-state index in [0.29, 0.717) is 11.4 Å². The highest BCUT2D eigenvalue weighted by molar-refractivity contribution is 6.04. The zero-order valence-electron chi connectivity index (χ0n) is 16.3. The predicted octanol–water partition coefficient (Wildman–Crippen LogP) is 4.40. The fourth-order valence-corrected chi connectivity index (χ4v) is 3.24. The van der Waals surface area contributed by atoms with Gasteiger partial charge >= 0.3 is 0 Å². The summed E-state index contributed by atoms with van der Waals surface area (Å²) in [6.07, 6.45) is 4.30. The van der Waals surface area contributed by atoms with Gasteiger partial charge in [-0.25, -0.2) is 15.0 Å². The second-order valence-electron chi connectivity index (χ2n) is 6.89. The number of nitrogens with one attached hydrogen (secondary N) is 1. The molecule has 1 amide bonds. The summed E-state index contributed by atoms with van der Waals surface area (Å²) in [5, 5.41) is 3.78. The van der Waals surface area contributed by atoms with Gasteiger partial charge in [-0.3, -0.25) is 4.79 Å². The van der Waals surface area contributed by atoms with Crippen LogP contribution in [0.5, 0.6) is 0 Å². The van der Waals surface area contributed by atoms with Gasteiger partial charge in [-0.05, 0) is 72.0 Å². The SMILES string of the molecule is CCc1ccnc(NC(=O)c2ccc(C)c(-c3ccc4nc(N)ncc4c3)c2)c1. The maximum Gasteiger partial charge on any atom is 0.256 e. The quantitative estimate of drug-likeness (QED) is 0.545. The summed E-state index contributed by atoms with van der Waals surface area (Å²) in [7, 11) is 0. The van der Waals surface area contributed by atoms with Gasteiger partial charge in [0, 0.05) is 23.3 Å². The maximum absolute atomic E-state index is 12.8. The molecule has 0 bridgehead atoms. The number of carbonyl (C=O) groups is 1. The van der Waals surface area contributed by atoms with E-state index >= 15 is 0 Å². The minimum Gasteiger partial charge on any atom is -0.368 e. The number of carbonyl (C=O) groups excluding carboxylic acids is 1. The number of anilines is 2. The Hall–Kier alpha value is -3.80. The van der Waals surface area contributed by atoms with Crippen LogP contribution < -0.4 is 11.1 Å². The molecule has 4 aromatic rings. The lowest BCUT2D eigenvalue weighted by Gasteiger charge is -2.11. The van der Waals surface area contributed by atoms with E-state index in [-0.39, 0.29) is 11.9 Å². The summed E-state index contributed by atoms with van der Waals surface area (Å²) in [5.41, 5.74) is 11.2. The molecule has 0 saturated heterocycles. The van der Waals surface area contributed by atoms with Crippen molar-refractivity contribution in [2.75, 3.05) is 11.1 Å². The van der Waals surface area contributed by atoms with Crippen molar-refractivity contribution < 1.29 is 4.79 Å². The molecular weight excluding hydrogens is 362 g/mol. The molecule has 6 heteroatoms. The Kier molecular flexibility index (Phi) is 4.91. The van der Waals surface area contributed by atoms with E-state index in [4.69, 9.17) is 5.73 Å². The molecule has 2 heterocycles. The zero-order chi connectivity index (χ0) is 20.4. The number of aromatic nitrogens is 3. The molecule has 0 unspecified atom stereocenters. The lowest BCUT2D eigenvalue weighted by atomic mass is 9.97. The Balaban J connectivity index is 1.66. The first-order valence-corrected chi connectivity index (χ1v) is 9.43. The van der Waals surface area contributed by atoms with Gasteiger partial charge in [0.25, 0.3) is 5.91 Å². The Labute approximate surface area is 168 Å². The molecule has 0 aliphatic carbocycles. The second kappa shape index (κ2) is 7.67. The fourth-order valence-electron chi connectivity index (χ4n) is 3.24. The number of pyridine rings is 1. The number of fused-ring (bicyclic) bond motifs is 1. The molecule has 0 radical (unpaired) electrons. The van der Waals surface area contributed by atoms with E-state index < -0.39 is 0 Å². The second-order valence-corrected chi connectivity index (χ2v) is 6.89. The highest BCUT2D eigenvalue weighted by Crippen LogP contribution is 2.28. The minimum absolute atomic E-state index is 0.191. The van der Waals surface area contributed by atoms with Crippen LogP contribution in [0.4, 0.5) is 11.8 Å². The van der Waals surface area contributed by atoms with Crippen molar-refractivity contribution in [2.45, 2.75) is 20.3 Å². The first kappa shape index (κ1) is 18.6. The first-order chi connectivity index (χ1) is 14.0. The average molecular weight is 383 g/mol. The van der Waals surface area contributed by atoms with Crippen LogP contribution in [-0.2, 0) is 6.42 Å². The number of benzene rings is 2. The molecule has 29 heavy (non-hydrogen) atoms. The van der Waals surface area contributed by atoms with Crippen LogP contribution in [0.15, 0.2) is 60.9 Å².